The summed E-state index contributed by atoms with van der Waals surface area (Å²) in [7, 11) is 1.44. The SMILES string of the molecule is CCn1cc(NC(=O)Cn2nc(C(F)(F)F)c3c2CCCCC3)c(C(=O)NC)n1. The summed E-state index contributed by atoms with van der Waals surface area (Å²) in [4.78, 5) is 24.5. The molecule has 0 saturated carbocycles. The van der Waals surface area contributed by atoms with E-state index in [-0.39, 0.29) is 23.5 Å². The highest BCUT2D eigenvalue weighted by molar-refractivity contribution is 6.02. The molecule has 11 heteroatoms. The fraction of sp³-hybridized carbons (Fsp3) is 0.556. The van der Waals surface area contributed by atoms with Gasteiger partial charge in [-0.05, 0) is 32.6 Å². The van der Waals surface area contributed by atoms with Crippen molar-refractivity contribution >= 4 is 17.5 Å². The monoisotopic (exact) mass is 412 g/mol. The number of rotatable bonds is 5. The van der Waals surface area contributed by atoms with Crippen molar-refractivity contribution in [3.8, 4) is 0 Å². The van der Waals surface area contributed by atoms with Gasteiger partial charge in [0.25, 0.3) is 5.91 Å². The minimum absolute atomic E-state index is 0.0398. The maximum Gasteiger partial charge on any atom is 0.435 e. The Bertz CT molecular complexity index is 916. The third-order valence-corrected chi connectivity index (χ3v) is 4.87. The van der Waals surface area contributed by atoms with Crippen LogP contribution in [0.2, 0.25) is 0 Å². The van der Waals surface area contributed by atoms with Crippen molar-refractivity contribution < 1.29 is 22.8 Å². The van der Waals surface area contributed by atoms with Gasteiger partial charge in [0.05, 0.1) is 5.69 Å². The molecule has 0 saturated heterocycles. The van der Waals surface area contributed by atoms with E-state index < -0.39 is 23.7 Å². The standard InChI is InChI=1S/C18H23F3N6O2/c1-3-26-9-12(15(24-26)17(29)22-2)23-14(28)10-27-13-8-6-4-5-7-11(13)16(25-27)18(19,20)21/h9H,3-8,10H2,1-2H3,(H,22,29)(H,23,28). The zero-order valence-corrected chi connectivity index (χ0v) is 16.3. The number of anilines is 1. The first-order valence-corrected chi connectivity index (χ1v) is 9.49. The average Bonchev–Trinajstić information content (AvgIpc) is 3.13. The number of hydrogen-bond donors (Lipinski definition) is 2. The number of carbonyl (C=O) groups excluding carboxylic acids is 2. The summed E-state index contributed by atoms with van der Waals surface area (Å²) in [5.41, 5.74) is -0.0241. The van der Waals surface area contributed by atoms with Crippen LogP contribution in [0.4, 0.5) is 18.9 Å². The third kappa shape index (κ3) is 4.43. The number of alkyl halides is 3. The topological polar surface area (TPSA) is 93.8 Å². The van der Waals surface area contributed by atoms with E-state index in [2.05, 4.69) is 20.8 Å². The lowest BCUT2D eigenvalue weighted by atomic mass is 10.1. The van der Waals surface area contributed by atoms with Crippen LogP contribution in [0.3, 0.4) is 0 Å². The Balaban J connectivity index is 1.86. The number of aromatic nitrogens is 4. The molecule has 0 atom stereocenters. The first-order chi connectivity index (χ1) is 13.7. The number of nitrogens with zero attached hydrogens (tertiary/aromatic N) is 4. The van der Waals surface area contributed by atoms with Gasteiger partial charge in [-0.1, -0.05) is 6.42 Å². The quantitative estimate of drug-likeness (QED) is 0.738. The van der Waals surface area contributed by atoms with Gasteiger partial charge in [0.1, 0.15) is 6.54 Å². The Hall–Kier alpha value is -2.85. The first-order valence-electron chi connectivity index (χ1n) is 9.49. The first kappa shape index (κ1) is 20.9. The largest absolute Gasteiger partial charge is 0.435 e. The molecule has 3 rings (SSSR count). The van der Waals surface area contributed by atoms with Crippen molar-refractivity contribution in [3.63, 3.8) is 0 Å². The van der Waals surface area contributed by atoms with Crippen LogP contribution >= 0.6 is 0 Å². The molecule has 0 bridgehead atoms. The maximum absolute atomic E-state index is 13.4. The number of aryl methyl sites for hydroxylation is 1. The molecule has 0 radical (unpaired) electrons. The van der Waals surface area contributed by atoms with Crippen molar-refractivity contribution in [1.82, 2.24) is 24.9 Å². The van der Waals surface area contributed by atoms with Crippen molar-refractivity contribution in [1.29, 1.82) is 0 Å². The Morgan fingerprint density at radius 2 is 1.90 bits per heavy atom. The molecule has 2 aromatic heterocycles. The molecule has 8 nitrogen and oxygen atoms in total. The predicted molar refractivity (Wildman–Crippen MR) is 98.4 cm³/mol. The fourth-order valence-electron chi connectivity index (χ4n) is 3.49. The van der Waals surface area contributed by atoms with Crippen LogP contribution in [0.1, 0.15) is 53.6 Å². The van der Waals surface area contributed by atoms with Gasteiger partial charge in [-0.25, -0.2) is 0 Å². The highest BCUT2D eigenvalue weighted by Gasteiger charge is 2.39. The number of halogens is 3. The molecule has 0 aromatic carbocycles. The second-order valence-corrected chi connectivity index (χ2v) is 6.86. The van der Waals surface area contributed by atoms with Crippen LogP contribution in [-0.2, 0) is 36.9 Å². The molecule has 0 aliphatic heterocycles. The maximum atomic E-state index is 13.4. The van der Waals surface area contributed by atoms with Gasteiger partial charge in [0, 0.05) is 31.0 Å². The van der Waals surface area contributed by atoms with E-state index in [1.54, 1.807) is 0 Å². The van der Waals surface area contributed by atoms with Crippen LogP contribution in [-0.4, -0.2) is 38.4 Å². The minimum Gasteiger partial charge on any atom is -0.354 e. The number of carbonyl (C=O) groups is 2. The Morgan fingerprint density at radius 3 is 2.55 bits per heavy atom. The predicted octanol–water partition coefficient (Wildman–Crippen LogP) is 2.39. The molecule has 1 aliphatic carbocycles. The second-order valence-electron chi connectivity index (χ2n) is 6.86. The molecule has 29 heavy (non-hydrogen) atoms. The molecule has 0 unspecified atom stereocenters. The molecular formula is C18H23F3N6O2. The second kappa shape index (κ2) is 8.26. The van der Waals surface area contributed by atoms with Crippen LogP contribution in [0.5, 0.6) is 0 Å². The van der Waals surface area contributed by atoms with Crippen LogP contribution in [0, 0.1) is 0 Å². The van der Waals surface area contributed by atoms with E-state index in [1.165, 1.54) is 17.9 Å². The number of fused-ring (bicyclic) bond motifs is 1. The molecule has 2 aromatic rings. The van der Waals surface area contributed by atoms with E-state index in [1.807, 2.05) is 6.92 Å². The summed E-state index contributed by atoms with van der Waals surface area (Å²) in [6, 6.07) is 0. The van der Waals surface area contributed by atoms with Crippen molar-refractivity contribution in [2.24, 2.45) is 0 Å². The van der Waals surface area contributed by atoms with Gasteiger partial charge < -0.3 is 10.6 Å². The molecule has 1 aliphatic rings. The summed E-state index contributed by atoms with van der Waals surface area (Å²) in [6.45, 7) is 1.94. The lowest BCUT2D eigenvalue weighted by Gasteiger charge is -2.08. The zero-order valence-electron chi connectivity index (χ0n) is 16.3. The van der Waals surface area contributed by atoms with Crippen molar-refractivity contribution in [3.05, 3.63) is 28.8 Å². The Kier molecular flexibility index (Phi) is 5.94. The lowest BCUT2D eigenvalue weighted by Crippen LogP contribution is -2.24. The number of hydrogen-bond acceptors (Lipinski definition) is 4. The van der Waals surface area contributed by atoms with Gasteiger partial charge in [-0.15, -0.1) is 0 Å². The van der Waals surface area contributed by atoms with E-state index in [0.29, 0.717) is 31.5 Å². The molecular weight excluding hydrogens is 389 g/mol. The van der Waals surface area contributed by atoms with Crippen molar-refractivity contribution in [2.45, 2.75) is 58.3 Å². The van der Waals surface area contributed by atoms with Gasteiger partial charge in [-0.2, -0.15) is 23.4 Å². The van der Waals surface area contributed by atoms with Crippen LogP contribution in [0.15, 0.2) is 6.20 Å². The molecule has 2 N–H and O–H groups in total. The summed E-state index contributed by atoms with van der Waals surface area (Å²) >= 11 is 0. The van der Waals surface area contributed by atoms with Gasteiger partial charge in [-0.3, -0.25) is 19.0 Å². The molecule has 2 amide bonds. The summed E-state index contributed by atoms with van der Waals surface area (Å²) in [5.74, 6) is -1.05. The van der Waals surface area contributed by atoms with E-state index >= 15 is 0 Å². The smallest absolute Gasteiger partial charge is 0.354 e. The van der Waals surface area contributed by atoms with Gasteiger partial charge >= 0.3 is 6.18 Å². The fourth-order valence-corrected chi connectivity index (χ4v) is 3.49. The molecule has 158 valence electrons. The van der Waals surface area contributed by atoms with Gasteiger partial charge in [0.2, 0.25) is 5.91 Å². The lowest BCUT2D eigenvalue weighted by molar-refractivity contribution is -0.142. The Morgan fingerprint density at radius 1 is 1.17 bits per heavy atom. The molecule has 0 spiro atoms. The zero-order chi connectivity index (χ0) is 21.2. The number of amides is 2. The van der Waals surface area contributed by atoms with Crippen molar-refractivity contribution in [2.75, 3.05) is 12.4 Å². The average molecular weight is 412 g/mol. The van der Waals surface area contributed by atoms with Crippen LogP contribution < -0.4 is 10.6 Å². The summed E-state index contributed by atoms with van der Waals surface area (Å²) in [5, 5.41) is 12.8. The van der Waals surface area contributed by atoms with Crippen LogP contribution in [0.25, 0.3) is 0 Å². The van der Waals surface area contributed by atoms with E-state index in [4.69, 9.17) is 0 Å². The Labute approximate surface area is 165 Å². The minimum atomic E-state index is -4.56. The third-order valence-electron chi connectivity index (χ3n) is 4.87. The van der Waals surface area contributed by atoms with E-state index in [0.717, 1.165) is 17.5 Å². The molecule has 2 heterocycles. The van der Waals surface area contributed by atoms with Gasteiger partial charge in [0.15, 0.2) is 11.4 Å². The van der Waals surface area contributed by atoms with E-state index in [9.17, 15) is 22.8 Å². The summed E-state index contributed by atoms with van der Waals surface area (Å²) < 4.78 is 42.8. The highest BCUT2D eigenvalue weighted by atomic mass is 19.4. The highest BCUT2D eigenvalue weighted by Crippen LogP contribution is 2.35. The number of nitrogens with one attached hydrogen (secondary N) is 2. The summed E-state index contributed by atoms with van der Waals surface area (Å²) in [6.07, 6.45) is -0.0535. The molecule has 0 fully saturated rings. The normalized spacial score (nSPS) is 14.2.